The molecule has 28 heavy (non-hydrogen) atoms. The van der Waals surface area contributed by atoms with Gasteiger partial charge in [0, 0.05) is 31.3 Å². The van der Waals surface area contributed by atoms with Crippen LogP contribution in [-0.4, -0.2) is 34.1 Å². The van der Waals surface area contributed by atoms with Crippen LogP contribution in [-0.2, 0) is 13.1 Å². The minimum absolute atomic E-state index is 0.708. The maximum Gasteiger partial charge on any atom is 0.191 e. The third-order valence-corrected chi connectivity index (χ3v) is 4.95. The lowest BCUT2D eigenvalue weighted by atomic mass is 10.2. The van der Waals surface area contributed by atoms with Gasteiger partial charge in [0.15, 0.2) is 5.96 Å². The lowest BCUT2D eigenvalue weighted by molar-refractivity contribution is 0.624. The molecule has 3 N–H and O–H groups in total. The molecule has 6 heteroatoms. The molecule has 4 rings (SSSR count). The molecule has 0 unspecified atom stereocenters. The van der Waals surface area contributed by atoms with Crippen molar-refractivity contribution in [3.8, 4) is 0 Å². The first-order chi connectivity index (χ1) is 13.7. The highest BCUT2D eigenvalue weighted by Gasteiger charge is 2.06. The first-order valence-corrected chi connectivity index (χ1v) is 9.67. The van der Waals surface area contributed by atoms with E-state index in [2.05, 4.69) is 79.5 Å². The fourth-order valence-electron chi connectivity index (χ4n) is 3.55. The third kappa shape index (κ3) is 3.86. The number of nitrogens with one attached hydrogen (secondary N) is 3. The van der Waals surface area contributed by atoms with Crippen LogP contribution in [0.25, 0.3) is 21.9 Å². The molecule has 0 aliphatic rings. The molecule has 0 saturated heterocycles. The van der Waals surface area contributed by atoms with Gasteiger partial charge in [-0.1, -0.05) is 30.3 Å². The molecule has 0 fully saturated rings. The molecule has 0 radical (unpaired) electrons. The summed E-state index contributed by atoms with van der Waals surface area (Å²) in [5.41, 5.74) is 4.56. The minimum Gasteiger partial charge on any atom is -0.357 e. The van der Waals surface area contributed by atoms with Crippen molar-refractivity contribution in [3.63, 3.8) is 0 Å². The van der Waals surface area contributed by atoms with Crippen LogP contribution in [0.15, 0.2) is 59.6 Å². The molecule has 144 valence electrons. The van der Waals surface area contributed by atoms with Crippen LogP contribution in [0.2, 0.25) is 0 Å². The van der Waals surface area contributed by atoms with Crippen molar-refractivity contribution < 1.29 is 0 Å². The van der Waals surface area contributed by atoms with Gasteiger partial charge in [-0.05, 0) is 43.0 Å². The maximum atomic E-state index is 4.63. The maximum absolute atomic E-state index is 4.63. The number of aliphatic imine (C=N–C) groups is 1. The molecule has 0 bridgehead atoms. The second kappa shape index (κ2) is 8.17. The molecule has 2 aromatic carbocycles. The van der Waals surface area contributed by atoms with E-state index in [4.69, 9.17) is 0 Å². The van der Waals surface area contributed by atoms with Crippen molar-refractivity contribution in [2.75, 3.05) is 13.6 Å². The lowest BCUT2D eigenvalue weighted by Gasteiger charge is -2.12. The molecule has 2 aromatic heterocycles. The highest BCUT2D eigenvalue weighted by molar-refractivity contribution is 5.81. The van der Waals surface area contributed by atoms with Gasteiger partial charge < -0.3 is 20.2 Å². The quantitative estimate of drug-likeness (QED) is 0.274. The monoisotopic (exact) mass is 374 g/mol. The van der Waals surface area contributed by atoms with Crippen LogP contribution in [0.4, 0.5) is 0 Å². The highest BCUT2D eigenvalue weighted by Crippen LogP contribution is 2.16. The number of guanidine groups is 1. The third-order valence-electron chi connectivity index (χ3n) is 4.95. The van der Waals surface area contributed by atoms with Crippen molar-refractivity contribution in [2.24, 2.45) is 4.99 Å². The van der Waals surface area contributed by atoms with E-state index >= 15 is 0 Å². The first-order valence-electron chi connectivity index (χ1n) is 9.67. The summed E-state index contributed by atoms with van der Waals surface area (Å²) in [5.74, 6) is 1.87. The Bertz CT molecular complexity index is 1070. The summed E-state index contributed by atoms with van der Waals surface area (Å²) in [5, 5.41) is 7.99. The number of aryl methyl sites for hydroxylation is 2. The molecule has 4 aromatic rings. The smallest absolute Gasteiger partial charge is 0.191 e. The summed E-state index contributed by atoms with van der Waals surface area (Å²) >= 11 is 0. The number of fused-ring (bicyclic) bond motifs is 2. The number of nitrogens with zero attached hydrogens (tertiary/aromatic N) is 3. The Labute approximate surface area is 164 Å². The van der Waals surface area contributed by atoms with Gasteiger partial charge in [-0.2, -0.15) is 0 Å². The number of imidazole rings is 1. The number of aromatic amines is 1. The van der Waals surface area contributed by atoms with E-state index in [1.165, 1.54) is 10.9 Å². The number of rotatable bonds is 6. The zero-order valence-corrected chi connectivity index (χ0v) is 16.4. The summed E-state index contributed by atoms with van der Waals surface area (Å²) in [6, 6.07) is 18.8. The van der Waals surface area contributed by atoms with E-state index < -0.39 is 0 Å². The second-order valence-electron chi connectivity index (χ2n) is 6.89. The van der Waals surface area contributed by atoms with Crippen LogP contribution in [0.5, 0.6) is 0 Å². The fraction of sp³-hybridized carbons (Fsp3) is 0.273. The zero-order chi connectivity index (χ0) is 19.3. The number of para-hydroxylation sites is 3. The standard InChI is InChI=1S/C22H26N6/c1-16-26-20-10-5-6-11-21(20)28(16)13-7-12-24-22(23-2)25-15-18-14-17-8-3-4-9-19(17)27-18/h3-6,8-11,14,27H,7,12-13,15H2,1-2H3,(H2,23,24,25). The summed E-state index contributed by atoms with van der Waals surface area (Å²) in [4.78, 5) is 12.4. The van der Waals surface area contributed by atoms with E-state index in [0.717, 1.165) is 48.0 Å². The van der Waals surface area contributed by atoms with E-state index in [0.29, 0.717) is 6.54 Å². The molecule has 0 aliphatic carbocycles. The van der Waals surface area contributed by atoms with Gasteiger partial charge in [-0.15, -0.1) is 0 Å². The van der Waals surface area contributed by atoms with Crippen molar-refractivity contribution in [2.45, 2.75) is 26.4 Å². The highest BCUT2D eigenvalue weighted by atomic mass is 15.2. The minimum atomic E-state index is 0.708. The predicted molar refractivity (Wildman–Crippen MR) is 116 cm³/mol. The van der Waals surface area contributed by atoms with Crippen molar-refractivity contribution in [1.29, 1.82) is 0 Å². The van der Waals surface area contributed by atoms with Crippen LogP contribution < -0.4 is 10.6 Å². The Morgan fingerprint density at radius 1 is 1.11 bits per heavy atom. The van der Waals surface area contributed by atoms with E-state index in [1.807, 2.05) is 12.1 Å². The van der Waals surface area contributed by atoms with Crippen LogP contribution in [0, 0.1) is 6.92 Å². The van der Waals surface area contributed by atoms with Gasteiger partial charge in [0.05, 0.1) is 17.6 Å². The van der Waals surface area contributed by atoms with Crippen LogP contribution in [0.1, 0.15) is 17.9 Å². The largest absolute Gasteiger partial charge is 0.357 e. The van der Waals surface area contributed by atoms with Crippen molar-refractivity contribution >= 4 is 27.9 Å². The number of hydrogen-bond donors (Lipinski definition) is 3. The average Bonchev–Trinajstić information content (AvgIpc) is 3.27. The molecule has 0 amide bonds. The molecule has 6 nitrogen and oxygen atoms in total. The van der Waals surface area contributed by atoms with E-state index in [9.17, 15) is 0 Å². The molecule has 0 atom stereocenters. The summed E-state index contributed by atoms with van der Waals surface area (Å²) in [6.07, 6.45) is 0.994. The molecule has 2 heterocycles. The topological polar surface area (TPSA) is 70.0 Å². The van der Waals surface area contributed by atoms with Gasteiger partial charge in [0.1, 0.15) is 5.82 Å². The Hall–Kier alpha value is -3.28. The summed E-state index contributed by atoms with van der Waals surface area (Å²) in [6.45, 7) is 4.55. The second-order valence-corrected chi connectivity index (χ2v) is 6.89. The molecule has 0 spiro atoms. The molecular weight excluding hydrogens is 348 g/mol. The predicted octanol–water partition coefficient (Wildman–Crippen LogP) is 3.58. The SMILES string of the molecule is CN=C(NCCCn1c(C)nc2ccccc21)NCc1cc2ccccc2[nH]1. The van der Waals surface area contributed by atoms with Gasteiger partial charge in [-0.25, -0.2) is 4.98 Å². The molecule has 0 aliphatic heterocycles. The Morgan fingerprint density at radius 3 is 2.79 bits per heavy atom. The van der Waals surface area contributed by atoms with Crippen molar-refractivity contribution in [1.82, 2.24) is 25.2 Å². The fourth-order valence-corrected chi connectivity index (χ4v) is 3.55. The van der Waals surface area contributed by atoms with Gasteiger partial charge in [-0.3, -0.25) is 4.99 Å². The molecular formula is C22H26N6. The van der Waals surface area contributed by atoms with Crippen molar-refractivity contribution in [3.05, 3.63) is 66.1 Å². The Morgan fingerprint density at radius 2 is 1.93 bits per heavy atom. The lowest BCUT2D eigenvalue weighted by Crippen LogP contribution is -2.37. The molecule has 0 saturated carbocycles. The normalized spacial score (nSPS) is 12.0. The van der Waals surface area contributed by atoms with Crippen LogP contribution >= 0.6 is 0 Å². The van der Waals surface area contributed by atoms with Crippen LogP contribution in [0.3, 0.4) is 0 Å². The van der Waals surface area contributed by atoms with E-state index in [1.54, 1.807) is 7.05 Å². The number of benzene rings is 2. The Kier molecular flexibility index (Phi) is 5.28. The zero-order valence-electron chi connectivity index (χ0n) is 16.4. The summed E-state index contributed by atoms with van der Waals surface area (Å²) in [7, 11) is 1.80. The number of hydrogen-bond acceptors (Lipinski definition) is 2. The summed E-state index contributed by atoms with van der Waals surface area (Å²) < 4.78 is 2.28. The Balaban J connectivity index is 1.28. The van der Waals surface area contributed by atoms with E-state index in [-0.39, 0.29) is 0 Å². The average molecular weight is 374 g/mol. The number of aromatic nitrogens is 3. The van der Waals surface area contributed by atoms with Gasteiger partial charge in [0.25, 0.3) is 0 Å². The first kappa shape index (κ1) is 18.1. The van der Waals surface area contributed by atoms with Gasteiger partial charge >= 0.3 is 0 Å². The van der Waals surface area contributed by atoms with Gasteiger partial charge in [0.2, 0.25) is 0 Å². The number of H-pyrrole nitrogens is 1.